The van der Waals surface area contributed by atoms with Crippen LogP contribution >= 0.6 is 0 Å². The number of carbonyl (C=O) groups is 3. The van der Waals surface area contributed by atoms with Crippen LogP contribution in [0.15, 0.2) is 78.9 Å². The first-order valence-corrected chi connectivity index (χ1v) is 10.6. The van der Waals surface area contributed by atoms with Crippen molar-refractivity contribution < 1.29 is 28.8 Å². The van der Waals surface area contributed by atoms with Gasteiger partial charge in [-0.3, -0.25) is 19.7 Å². The molecule has 0 spiro atoms. The molecule has 0 fully saturated rings. The van der Waals surface area contributed by atoms with Crippen molar-refractivity contribution in [3.63, 3.8) is 0 Å². The van der Waals surface area contributed by atoms with Gasteiger partial charge in [-0.05, 0) is 30.7 Å². The highest BCUT2D eigenvalue weighted by molar-refractivity contribution is 6.04. The molecular formula is C25H23N3O7. The fourth-order valence-electron chi connectivity index (χ4n) is 3.13. The van der Waals surface area contributed by atoms with Gasteiger partial charge in [0.15, 0.2) is 19.0 Å². The van der Waals surface area contributed by atoms with Gasteiger partial charge in [0.25, 0.3) is 11.8 Å². The molecule has 1 unspecified atom stereocenters. The molecule has 2 N–H and O–H groups in total. The molecule has 35 heavy (non-hydrogen) atoms. The quantitative estimate of drug-likeness (QED) is 0.258. The lowest BCUT2D eigenvalue weighted by atomic mass is 10.1. The molecule has 0 bridgehead atoms. The number of nitro benzene ring substituents is 1. The molecule has 3 aromatic rings. The van der Waals surface area contributed by atoms with Crippen LogP contribution in [0.1, 0.15) is 28.9 Å². The predicted octanol–water partition coefficient (Wildman–Crippen LogP) is 3.65. The summed E-state index contributed by atoms with van der Waals surface area (Å²) in [6.45, 7) is 0.601. The number of carbonyl (C=O) groups excluding carboxylic acids is 3. The highest BCUT2D eigenvalue weighted by Gasteiger charge is 2.18. The molecule has 0 aromatic heterocycles. The number of esters is 1. The van der Waals surface area contributed by atoms with E-state index in [1.807, 2.05) is 37.3 Å². The predicted molar refractivity (Wildman–Crippen MR) is 127 cm³/mol. The van der Waals surface area contributed by atoms with Gasteiger partial charge in [-0.15, -0.1) is 0 Å². The number of hydrogen-bond donors (Lipinski definition) is 2. The van der Waals surface area contributed by atoms with Gasteiger partial charge >= 0.3 is 11.7 Å². The molecular weight excluding hydrogens is 454 g/mol. The maximum atomic E-state index is 12.8. The zero-order valence-electron chi connectivity index (χ0n) is 18.8. The van der Waals surface area contributed by atoms with Crippen molar-refractivity contribution in [2.45, 2.75) is 13.0 Å². The summed E-state index contributed by atoms with van der Waals surface area (Å²) in [5.41, 5.74) is 1.13. The lowest BCUT2D eigenvalue weighted by Gasteiger charge is -2.16. The number of nitrogens with zero attached hydrogens (tertiary/aromatic N) is 1. The molecule has 0 saturated heterocycles. The second-order valence-electron chi connectivity index (χ2n) is 7.37. The molecule has 0 aliphatic carbocycles. The van der Waals surface area contributed by atoms with Crippen molar-refractivity contribution in [1.82, 2.24) is 5.32 Å². The SMILES string of the molecule is CC(NC(=O)c1ccccc1NC(=O)COC(=O)COc1ccccc1[N+](=O)[O-])c1ccccc1. The summed E-state index contributed by atoms with van der Waals surface area (Å²) in [6.07, 6.45) is 0. The monoisotopic (exact) mass is 477 g/mol. The standard InChI is InChI=1S/C25H23N3O7/c1-17(18-9-3-2-4-10-18)26-25(31)19-11-5-6-12-20(19)27-23(29)15-35-24(30)16-34-22-14-8-7-13-21(22)28(32)33/h2-14,17H,15-16H2,1H3,(H,26,31)(H,27,29). The van der Waals surface area contributed by atoms with Gasteiger partial charge in [-0.25, -0.2) is 4.79 Å². The van der Waals surface area contributed by atoms with Crippen LogP contribution in [0.4, 0.5) is 11.4 Å². The second-order valence-corrected chi connectivity index (χ2v) is 7.37. The van der Waals surface area contributed by atoms with E-state index in [0.29, 0.717) is 0 Å². The number of amides is 2. The Morgan fingerprint density at radius 3 is 2.31 bits per heavy atom. The van der Waals surface area contributed by atoms with E-state index in [9.17, 15) is 24.5 Å². The van der Waals surface area contributed by atoms with E-state index in [1.165, 1.54) is 24.3 Å². The van der Waals surface area contributed by atoms with E-state index in [0.717, 1.165) is 5.56 Å². The van der Waals surface area contributed by atoms with E-state index >= 15 is 0 Å². The van der Waals surface area contributed by atoms with Gasteiger partial charge in [-0.1, -0.05) is 54.6 Å². The molecule has 0 saturated carbocycles. The summed E-state index contributed by atoms with van der Waals surface area (Å²) in [5.74, 6) is -2.03. The van der Waals surface area contributed by atoms with Crippen LogP contribution in [0.2, 0.25) is 0 Å². The average molecular weight is 477 g/mol. The number of hydrogen-bond acceptors (Lipinski definition) is 7. The van der Waals surface area contributed by atoms with Gasteiger partial charge in [-0.2, -0.15) is 0 Å². The van der Waals surface area contributed by atoms with Crippen LogP contribution in [0.5, 0.6) is 5.75 Å². The maximum absolute atomic E-state index is 12.8. The minimum Gasteiger partial charge on any atom is -0.475 e. The number of para-hydroxylation sites is 3. The first-order chi connectivity index (χ1) is 16.8. The van der Waals surface area contributed by atoms with E-state index < -0.39 is 30.0 Å². The number of anilines is 1. The Morgan fingerprint density at radius 1 is 0.914 bits per heavy atom. The highest BCUT2D eigenvalue weighted by atomic mass is 16.6. The summed E-state index contributed by atoms with van der Waals surface area (Å²) < 4.78 is 10.0. The first-order valence-electron chi connectivity index (χ1n) is 10.6. The zero-order valence-corrected chi connectivity index (χ0v) is 18.8. The second kappa shape index (κ2) is 11.9. The van der Waals surface area contributed by atoms with Crippen molar-refractivity contribution in [3.05, 3.63) is 100 Å². The topological polar surface area (TPSA) is 137 Å². The summed E-state index contributed by atoms with van der Waals surface area (Å²) in [5, 5.41) is 16.4. The van der Waals surface area contributed by atoms with Crippen LogP contribution in [0.3, 0.4) is 0 Å². The third-order valence-electron chi connectivity index (χ3n) is 4.86. The molecule has 3 rings (SSSR count). The van der Waals surface area contributed by atoms with Crippen molar-refractivity contribution in [1.29, 1.82) is 0 Å². The van der Waals surface area contributed by atoms with E-state index in [-0.39, 0.29) is 34.6 Å². The number of nitrogens with one attached hydrogen (secondary N) is 2. The van der Waals surface area contributed by atoms with Gasteiger partial charge in [0, 0.05) is 6.07 Å². The van der Waals surface area contributed by atoms with Gasteiger partial charge < -0.3 is 20.1 Å². The Hall–Kier alpha value is -4.73. The molecule has 180 valence electrons. The van der Waals surface area contributed by atoms with Crippen LogP contribution in [-0.4, -0.2) is 35.9 Å². The number of nitro groups is 1. The summed E-state index contributed by atoms with van der Waals surface area (Å²) in [6, 6.07) is 21.2. The highest BCUT2D eigenvalue weighted by Crippen LogP contribution is 2.25. The molecule has 0 heterocycles. The number of ether oxygens (including phenoxy) is 2. The Labute approximate surface area is 201 Å². The molecule has 1 atom stereocenters. The Morgan fingerprint density at radius 2 is 1.57 bits per heavy atom. The Kier molecular flexibility index (Phi) is 8.49. The average Bonchev–Trinajstić information content (AvgIpc) is 2.87. The number of benzene rings is 3. The molecule has 0 aliphatic rings. The lowest BCUT2D eigenvalue weighted by molar-refractivity contribution is -0.385. The molecule has 10 heteroatoms. The summed E-state index contributed by atoms with van der Waals surface area (Å²) >= 11 is 0. The van der Waals surface area contributed by atoms with E-state index in [4.69, 9.17) is 9.47 Å². The number of rotatable bonds is 10. The van der Waals surface area contributed by atoms with Crippen LogP contribution in [-0.2, 0) is 14.3 Å². The molecule has 2 amide bonds. The smallest absolute Gasteiger partial charge is 0.344 e. The van der Waals surface area contributed by atoms with E-state index in [2.05, 4.69) is 10.6 Å². The Balaban J connectivity index is 1.53. The third kappa shape index (κ3) is 7.13. The normalized spacial score (nSPS) is 11.1. The third-order valence-corrected chi connectivity index (χ3v) is 4.86. The largest absolute Gasteiger partial charge is 0.475 e. The van der Waals surface area contributed by atoms with Crippen LogP contribution in [0.25, 0.3) is 0 Å². The van der Waals surface area contributed by atoms with Crippen molar-refractivity contribution in [3.8, 4) is 5.75 Å². The van der Waals surface area contributed by atoms with Gasteiger partial charge in [0.05, 0.1) is 22.2 Å². The van der Waals surface area contributed by atoms with Crippen LogP contribution < -0.4 is 15.4 Å². The molecule has 0 aliphatic heterocycles. The van der Waals surface area contributed by atoms with Crippen molar-refractivity contribution in [2.75, 3.05) is 18.5 Å². The van der Waals surface area contributed by atoms with Gasteiger partial charge in [0.1, 0.15) is 0 Å². The summed E-state index contributed by atoms with van der Waals surface area (Å²) in [7, 11) is 0. The first kappa shape index (κ1) is 24.9. The van der Waals surface area contributed by atoms with E-state index in [1.54, 1.807) is 24.3 Å². The molecule has 3 aromatic carbocycles. The molecule has 0 radical (unpaired) electrons. The fourth-order valence-corrected chi connectivity index (χ4v) is 3.13. The molecule has 10 nitrogen and oxygen atoms in total. The fraction of sp³-hybridized carbons (Fsp3) is 0.160. The lowest BCUT2D eigenvalue weighted by Crippen LogP contribution is -2.29. The zero-order chi connectivity index (χ0) is 25.2. The summed E-state index contributed by atoms with van der Waals surface area (Å²) in [4.78, 5) is 47.4. The van der Waals surface area contributed by atoms with Crippen molar-refractivity contribution >= 4 is 29.2 Å². The van der Waals surface area contributed by atoms with Gasteiger partial charge in [0.2, 0.25) is 0 Å². The minimum absolute atomic E-state index is 0.0939. The van der Waals surface area contributed by atoms with Crippen molar-refractivity contribution in [2.24, 2.45) is 0 Å². The minimum atomic E-state index is -0.888. The van der Waals surface area contributed by atoms with Crippen LogP contribution in [0, 0.1) is 10.1 Å². The Bertz CT molecular complexity index is 1210. The maximum Gasteiger partial charge on any atom is 0.344 e.